The molecule has 2 rings (SSSR count). The number of nitriles is 1. The van der Waals surface area contributed by atoms with Crippen LogP contribution in [0.2, 0.25) is 5.02 Å². The second kappa shape index (κ2) is 5.80. The molecule has 0 saturated carbocycles. The number of pyridine rings is 1. The number of benzene rings is 1. The van der Waals surface area contributed by atoms with Gasteiger partial charge in [-0.3, -0.25) is 10.4 Å². The highest BCUT2D eigenvalue weighted by atomic mass is 35.5. The van der Waals surface area contributed by atoms with Crippen LogP contribution in [0.15, 0.2) is 53.9 Å². The van der Waals surface area contributed by atoms with Gasteiger partial charge in [0.2, 0.25) is 0 Å². The zero-order valence-electron chi connectivity index (χ0n) is 9.34. The van der Waals surface area contributed by atoms with Gasteiger partial charge in [0.15, 0.2) is 5.71 Å². The molecule has 88 valence electrons. The lowest BCUT2D eigenvalue weighted by Gasteiger charge is -2.01. The van der Waals surface area contributed by atoms with E-state index >= 15 is 0 Å². The second-order valence-corrected chi connectivity index (χ2v) is 3.86. The smallest absolute Gasteiger partial charge is 0.168 e. The van der Waals surface area contributed by atoms with Gasteiger partial charge in [-0.2, -0.15) is 10.4 Å². The van der Waals surface area contributed by atoms with Gasteiger partial charge < -0.3 is 0 Å². The highest BCUT2D eigenvalue weighted by molar-refractivity contribution is 6.30. The van der Waals surface area contributed by atoms with E-state index in [9.17, 15) is 0 Å². The van der Waals surface area contributed by atoms with Crippen LogP contribution in [-0.4, -0.2) is 10.7 Å². The quantitative estimate of drug-likeness (QED) is 0.678. The average Bonchev–Trinajstić information content (AvgIpc) is 2.43. The van der Waals surface area contributed by atoms with Crippen molar-refractivity contribution in [3.05, 3.63) is 59.4 Å². The summed E-state index contributed by atoms with van der Waals surface area (Å²) in [6.07, 6.45) is 3.23. The topological polar surface area (TPSA) is 61.1 Å². The number of rotatable bonds is 3. The minimum atomic E-state index is 0.298. The van der Waals surface area contributed by atoms with Crippen molar-refractivity contribution < 1.29 is 0 Å². The summed E-state index contributed by atoms with van der Waals surface area (Å²) >= 11 is 5.77. The van der Waals surface area contributed by atoms with Crippen LogP contribution in [0, 0.1) is 11.3 Å². The number of halogens is 1. The van der Waals surface area contributed by atoms with E-state index in [0.717, 1.165) is 5.69 Å². The molecule has 4 nitrogen and oxygen atoms in total. The number of hydrazone groups is 1. The van der Waals surface area contributed by atoms with Crippen LogP contribution in [0.1, 0.15) is 5.56 Å². The van der Waals surface area contributed by atoms with E-state index < -0.39 is 0 Å². The first-order chi connectivity index (χ1) is 8.79. The molecule has 0 amide bonds. The fraction of sp³-hybridized carbons (Fsp3) is 0. The van der Waals surface area contributed by atoms with Crippen LogP contribution in [0.5, 0.6) is 0 Å². The zero-order valence-corrected chi connectivity index (χ0v) is 10.1. The first kappa shape index (κ1) is 12.1. The Morgan fingerprint density at radius 1 is 1.17 bits per heavy atom. The molecule has 1 aromatic heterocycles. The summed E-state index contributed by atoms with van der Waals surface area (Å²) < 4.78 is 0. The summed E-state index contributed by atoms with van der Waals surface area (Å²) in [5.41, 5.74) is 4.59. The van der Waals surface area contributed by atoms with Gasteiger partial charge in [-0.05, 0) is 36.4 Å². The normalized spacial score (nSPS) is 10.8. The molecule has 0 bridgehead atoms. The van der Waals surface area contributed by atoms with Crippen molar-refractivity contribution in [1.29, 1.82) is 5.26 Å². The maximum absolute atomic E-state index is 9.04. The summed E-state index contributed by atoms with van der Waals surface area (Å²) in [5, 5.41) is 13.7. The van der Waals surface area contributed by atoms with Crippen LogP contribution >= 0.6 is 11.6 Å². The van der Waals surface area contributed by atoms with Crippen LogP contribution in [0.4, 0.5) is 5.69 Å². The molecule has 2 aromatic rings. The molecule has 0 unspecified atom stereocenters. The molecule has 0 aliphatic rings. The maximum atomic E-state index is 9.04. The molecule has 1 N–H and O–H groups in total. The van der Waals surface area contributed by atoms with Crippen LogP contribution in [-0.2, 0) is 0 Å². The molecule has 0 fully saturated rings. The van der Waals surface area contributed by atoms with Gasteiger partial charge in [0.25, 0.3) is 0 Å². The highest BCUT2D eigenvalue weighted by Crippen LogP contribution is 2.13. The minimum absolute atomic E-state index is 0.298. The van der Waals surface area contributed by atoms with Gasteiger partial charge in [0.1, 0.15) is 6.07 Å². The Kier molecular flexibility index (Phi) is 3.90. The molecule has 1 aromatic carbocycles. The number of hydrogen-bond acceptors (Lipinski definition) is 4. The number of nitrogens with one attached hydrogen (secondary N) is 1. The van der Waals surface area contributed by atoms with Gasteiger partial charge >= 0.3 is 0 Å². The molecule has 0 spiro atoms. The zero-order chi connectivity index (χ0) is 12.8. The Labute approximate surface area is 110 Å². The number of hydrogen-bond donors (Lipinski definition) is 1. The van der Waals surface area contributed by atoms with Crippen molar-refractivity contribution >= 4 is 23.0 Å². The van der Waals surface area contributed by atoms with Gasteiger partial charge in [-0.25, -0.2) is 0 Å². The van der Waals surface area contributed by atoms with Crippen LogP contribution in [0.25, 0.3) is 0 Å². The van der Waals surface area contributed by atoms with E-state index in [4.69, 9.17) is 16.9 Å². The third-order valence-corrected chi connectivity index (χ3v) is 2.45. The van der Waals surface area contributed by atoms with E-state index in [1.807, 2.05) is 6.07 Å². The predicted molar refractivity (Wildman–Crippen MR) is 71.5 cm³/mol. The molecule has 0 radical (unpaired) electrons. The van der Waals surface area contributed by atoms with Gasteiger partial charge in [-0.1, -0.05) is 11.6 Å². The van der Waals surface area contributed by atoms with E-state index in [2.05, 4.69) is 15.5 Å². The average molecular weight is 257 g/mol. The lowest BCUT2D eigenvalue weighted by Crippen LogP contribution is -2.01. The van der Waals surface area contributed by atoms with Crippen molar-refractivity contribution in [3.63, 3.8) is 0 Å². The number of aromatic nitrogens is 1. The first-order valence-electron chi connectivity index (χ1n) is 5.19. The lowest BCUT2D eigenvalue weighted by atomic mass is 10.2. The van der Waals surface area contributed by atoms with Gasteiger partial charge in [0, 0.05) is 23.0 Å². The molecular weight excluding hydrogens is 248 g/mol. The van der Waals surface area contributed by atoms with Gasteiger partial charge in [-0.15, -0.1) is 0 Å². The Morgan fingerprint density at radius 2 is 1.83 bits per heavy atom. The van der Waals surface area contributed by atoms with Crippen molar-refractivity contribution in [2.75, 3.05) is 5.43 Å². The summed E-state index contributed by atoms with van der Waals surface area (Å²) in [6.45, 7) is 0. The SMILES string of the molecule is N#C/C(=N\Nc1ccc(Cl)cc1)c1ccncc1. The summed E-state index contributed by atoms with van der Waals surface area (Å²) in [4.78, 5) is 3.89. The number of anilines is 1. The first-order valence-corrected chi connectivity index (χ1v) is 5.57. The van der Waals surface area contributed by atoms with E-state index in [-0.39, 0.29) is 0 Å². The molecule has 0 saturated heterocycles. The van der Waals surface area contributed by atoms with Crippen molar-refractivity contribution in [1.82, 2.24) is 4.98 Å². The molecule has 1 heterocycles. The Morgan fingerprint density at radius 3 is 2.44 bits per heavy atom. The number of nitrogens with zero attached hydrogens (tertiary/aromatic N) is 3. The Balaban J connectivity index is 2.17. The van der Waals surface area contributed by atoms with Crippen molar-refractivity contribution in [2.45, 2.75) is 0 Å². The lowest BCUT2D eigenvalue weighted by molar-refractivity contribution is 1.30. The predicted octanol–water partition coefficient (Wildman–Crippen LogP) is 3.07. The van der Waals surface area contributed by atoms with Crippen molar-refractivity contribution in [2.24, 2.45) is 5.10 Å². The fourth-order valence-corrected chi connectivity index (χ4v) is 1.43. The molecule has 0 aliphatic heterocycles. The highest BCUT2D eigenvalue weighted by Gasteiger charge is 2.01. The maximum Gasteiger partial charge on any atom is 0.168 e. The Hall–Kier alpha value is -2.38. The molecule has 0 atom stereocenters. The van der Waals surface area contributed by atoms with E-state index in [0.29, 0.717) is 16.3 Å². The van der Waals surface area contributed by atoms with E-state index in [1.165, 1.54) is 0 Å². The largest absolute Gasteiger partial charge is 0.277 e. The van der Waals surface area contributed by atoms with Crippen molar-refractivity contribution in [3.8, 4) is 6.07 Å². The fourth-order valence-electron chi connectivity index (χ4n) is 1.31. The standard InChI is InChI=1S/C13H9ClN4/c14-11-1-3-12(4-2-11)17-18-13(9-15)10-5-7-16-8-6-10/h1-8,17H/b18-13+. The molecule has 18 heavy (non-hydrogen) atoms. The molecular formula is C13H9ClN4. The third-order valence-electron chi connectivity index (χ3n) is 2.20. The summed E-state index contributed by atoms with van der Waals surface area (Å²) in [6, 6.07) is 12.6. The van der Waals surface area contributed by atoms with Crippen LogP contribution < -0.4 is 5.43 Å². The van der Waals surface area contributed by atoms with Gasteiger partial charge in [0.05, 0.1) is 5.69 Å². The Bertz CT molecular complexity index is 585. The monoisotopic (exact) mass is 256 g/mol. The molecule has 5 heteroatoms. The minimum Gasteiger partial charge on any atom is -0.277 e. The summed E-state index contributed by atoms with van der Waals surface area (Å²) in [7, 11) is 0. The third kappa shape index (κ3) is 3.06. The van der Waals surface area contributed by atoms with E-state index in [1.54, 1.807) is 48.8 Å². The van der Waals surface area contributed by atoms with Crippen LogP contribution in [0.3, 0.4) is 0 Å². The molecule has 0 aliphatic carbocycles. The summed E-state index contributed by atoms with van der Waals surface area (Å²) in [5.74, 6) is 0. The second-order valence-electron chi connectivity index (χ2n) is 3.43.